The molecule has 1 heterocycles. The van der Waals surface area contributed by atoms with Crippen LogP contribution >= 0.6 is 24.0 Å². The summed E-state index contributed by atoms with van der Waals surface area (Å²) < 4.78 is 10.4. The van der Waals surface area contributed by atoms with E-state index >= 15 is 0 Å². The van der Waals surface area contributed by atoms with E-state index in [1.807, 2.05) is 13.8 Å². The molecule has 0 aliphatic carbocycles. The van der Waals surface area contributed by atoms with Gasteiger partial charge in [0, 0.05) is 0 Å². The molecule has 1 aromatic carbocycles. The fourth-order valence-electron chi connectivity index (χ4n) is 2.65. The molecule has 1 fully saturated rings. The molecule has 0 saturated carbocycles. The highest BCUT2D eigenvalue weighted by Gasteiger charge is 2.38. The summed E-state index contributed by atoms with van der Waals surface area (Å²) in [5.41, 5.74) is 0.538. The summed E-state index contributed by atoms with van der Waals surface area (Å²) in [7, 11) is 2.79. The number of carboxylic acids is 1. The minimum absolute atomic E-state index is 0.0483. The zero-order valence-electron chi connectivity index (χ0n) is 15.3. The number of amides is 1. The van der Waals surface area contributed by atoms with E-state index < -0.39 is 17.9 Å². The predicted molar refractivity (Wildman–Crippen MR) is 104 cm³/mol. The number of nitrogens with zero attached hydrogens (tertiary/aromatic N) is 1. The highest BCUT2D eigenvalue weighted by molar-refractivity contribution is 8.26. The second kappa shape index (κ2) is 8.62. The monoisotopic (exact) mass is 410 g/mol. The number of carboxylic acid groups (broad SMARTS) is 1. The van der Waals surface area contributed by atoms with Gasteiger partial charge in [0.15, 0.2) is 11.5 Å². The van der Waals surface area contributed by atoms with E-state index in [9.17, 15) is 19.8 Å². The van der Waals surface area contributed by atoms with Gasteiger partial charge in [-0.25, -0.2) is 0 Å². The first-order chi connectivity index (χ1) is 12.7. The number of aliphatic carboxylic acids is 1. The van der Waals surface area contributed by atoms with Gasteiger partial charge in [-0.3, -0.25) is 9.69 Å². The Labute approximate surface area is 166 Å². The van der Waals surface area contributed by atoms with Gasteiger partial charge in [0.25, 0.3) is 5.91 Å². The number of phenols is 1. The van der Waals surface area contributed by atoms with E-state index in [0.29, 0.717) is 5.56 Å². The third-order valence-electron chi connectivity index (χ3n) is 3.90. The highest BCUT2D eigenvalue weighted by Crippen LogP contribution is 2.40. The van der Waals surface area contributed by atoms with E-state index in [1.165, 1.54) is 26.4 Å². The lowest BCUT2D eigenvalue weighted by atomic mass is 10.0. The molecule has 146 valence electrons. The first kappa shape index (κ1) is 21.0. The number of aromatic hydroxyl groups is 1. The number of thioether (sulfide) groups is 1. The zero-order chi connectivity index (χ0) is 20.3. The van der Waals surface area contributed by atoms with E-state index in [-0.39, 0.29) is 38.8 Å². The van der Waals surface area contributed by atoms with Crippen LogP contribution in [0.4, 0.5) is 0 Å². The molecular weight excluding hydrogens is 390 g/mol. The van der Waals surface area contributed by atoms with Crippen LogP contribution in [-0.4, -0.2) is 46.5 Å². The van der Waals surface area contributed by atoms with Crippen LogP contribution in [0, 0.1) is 5.92 Å². The Kier molecular flexibility index (Phi) is 6.72. The molecule has 1 aliphatic rings. The summed E-state index contributed by atoms with van der Waals surface area (Å²) in [5, 5.41) is 21.5. The second-order valence-corrected chi connectivity index (χ2v) is 7.97. The average molecular weight is 410 g/mol. The third-order valence-corrected chi connectivity index (χ3v) is 5.23. The predicted octanol–water partition coefficient (Wildman–Crippen LogP) is 1.78. The molecule has 7 nitrogen and oxygen atoms in total. The normalized spacial score (nSPS) is 16.9. The van der Waals surface area contributed by atoms with Gasteiger partial charge >= 0.3 is 0 Å². The molecular formula is C18H20NO6S2-. The Morgan fingerprint density at radius 3 is 2.33 bits per heavy atom. The van der Waals surface area contributed by atoms with Crippen molar-refractivity contribution in [2.45, 2.75) is 26.3 Å². The number of methoxy groups -OCH3 is 2. The standard InChI is InChI=1S/C18H21NO6S2/c1-9(2)5-11(17(22)23)19-16(21)14(27-18(19)26)8-10-6-12(24-3)15(20)13(7-10)25-4/h6-9,11,20H,5H2,1-4H3,(H,22,23)/p-1/b14-8-/t11-/m1/s1. The molecule has 1 saturated heterocycles. The maximum Gasteiger partial charge on any atom is 0.266 e. The number of thiocarbonyl (C=S) groups is 1. The number of carbonyl (C=O) groups is 2. The van der Waals surface area contributed by atoms with E-state index in [2.05, 4.69) is 0 Å². The van der Waals surface area contributed by atoms with Crippen LogP contribution in [0.5, 0.6) is 17.2 Å². The number of hydrogen-bond donors (Lipinski definition) is 1. The number of phenolic OH excluding ortho intramolecular Hbond substituents is 1. The number of rotatable bonds is 7. The molecule has 9 heteroatoms. The van der Waals surface area contributed by atoms with E-state index in [4.69, 9.17) is 21.7 Å². The van der Waals surface area contributed by atoms with Crippen LogP contribution in [0.1, 0.15) is 25.8 Å². The summed E-state index contributed by atoms with van der Waals surface area (Å²) in [6.45, 7) is 3.72. The molecule has 1 N–H and O–H groups in total. The average Bonchev–Trinajstić information content (AvgIpc) is 2.87. The van der Waals surface area contributed by atoms with Gasteiger partial charge in [-0.05, 0) is 36.1 Å². The van der Waals surface area contributed by atoms with Gasteiger partial charge in [0.1, 0.15) is 4.32 Å². The Balaban J connectivity index is 2.40. The van der Waals surface area contributed by atoms with Crippen LogP contribution in [0.3, 0.4) is 0 Å². The van der Waals surface area contributed by atoms with Crippen molar-refractivity contribution < 1.29 is 29.3 Å². The first-order valence-corrected chi connectivity index (χ1v) is 9.35. The van der Waals surface area contributed by atoms with Crippen LogP contribution in [0.15, 0.2) is 17.0 Å². The Bertz CT molecular complexity index is 780. The molecule has 1 atom stereocenters. The third kappa shape index (κ3) is 4.54. The number of carbonyl (C=O) groups excluding carboxylic acids is 2. The number of ether oxygens (including phenoxy) is 2. The largest absolute Gasteiger partial charge is 0.548 e. The van der Waals surface area contributed by atoms with Gasteiger partial charge in [0.05, 0.1) is 31.1 Å². The minimum atomic E-state index is -1.34. The lowest BCUT2D eigenvalue weighted by Crippen LogP contribution is -2.50. The van der Waals surface area contributed by atoms with Crippen LogP contribution in [0.25, 0.3) is 6.08 Å². The molecule has 1 aliphatic heterocycles. The van der Waals surface area contributed by atoms with Crippen molar-refractivity contribution in [3.63, 3.8) is 0 Å². The summed E-state index contributed by atoms with van der Waals surface area (Å²) in [6, 6.07) is 1.95. The smallest absolute Gasteiger partial charge is 0.266 e. The van der Waals surface area contributed by atoms with Crippen molar-refractivity contribution in [1.82, 2.24) is 4.90 Å². The maximum atomic E-state index is 12.8. The molecule has 1 amide bonds. The van der Waals surface area contributed by atoms with Crippen LogP contribution in [-0.2, 0) is 9.59 Å². The molecule has 0 unspecified atom stereocenters. The Morgan fingerprint density at radius 2 is 1.89 bits per heavy atom. The number of hydrogen-bond acceptors (Lipinski definition) is 8. The van der Waals surface area contributed by atoms with Gasteiger partial charge < -0.3 is 24.5 Å². The quantitative estimate of drug-likeness (QED) is 0.536. The molecule has 27 heavy (non-hydrogen) atoms. The van der Waals surface area contributed by atoms with Gasteiger partial charge in [0.2, 0.25) is 5.75 Å². The molecule has 1 aromatic rings. The fourth-order valence-corrected chi connectivity index (χ4v) is 4.01. The van der Waals surface area contributed by atoms with Gasteiger partial charge in [-0.1, -0.05) is 37.8 Å². The topological polar surface area (TPSA) is 99.1 Å². The van der Waals surface area contributed by atoms with Crippen molar-refractivity contribution in [3.8, 4) is 17.2 Å². The minimum Gasteiger partial charge on any atom is -0.548 e. The van der Waals surface area contributed by atoms with Crippen molar-refractivity contribution >= 4 is 46.3 Å². The summed E-state index contributed by atoms with van der Waals surface area (Å²) in [5.74, 6) is -1.57. The van der Waals surface area contributed by atoms with Crippen molar-refractivity contribution in [2.75, 3.05) is 14.2 Å². The lowest BCUT2D eigenvalue weighted by molar-refractivity contribution is -0.310. The van der Waals surface area contributed by atoms with E-state index in [1.54, 1.807) is 6.08 Å². The summed E-state index contributed by atoms with van der Waals surface area (Å²) >= 11 is 6.24. The van der Waals surface area contributed by atoms with Crippen molar-refractivity contribution in [1.29, 1.82) is 0 Å². The summed E-state index contributed by atoms with van der Waals surface area (Å²) in [4.78, 5) is 25.7. The van der Waals surface area contributed by atoms with Crippen molar-refractivity contribution in [2.24, 2.45) is 5.92 Å². The SMILES string of the molecule is COc1cc(/C=C2\SC(=S)N([C@H](CC(C)C)C(=O)[O-])C2=O)cc(OC)c1O. The highest BCUT2D eigenvalue weighted by atomic mass is 32.2. The van der Waals surface area contributed by atoms with Gasteiger partial charge in [-0.2, -0.15) is 0 Å². The fraction of sp³-hybridized carbons (Fsp3) is 0.389. The summed E-state index contributed by atoms with van der Waals surface area (Å²) in [6.07, 6.45) is 1.79. The Morgan fingerprint density at radius 1 is 1.33 bits per heavy atom. The lowest BCUT2D eigenvalue weighted by Gasteiger charge is -2.28. The van der Waals surface area contributed by atoms with Gasteiger partial charge in [-0.15, -0.1) is 0 Å². The van der Waals surface area contributed by atoms with Crippen LogP contribution < -0.4 is 14.6 Å². The first-order valence-electron chi connectivity index (χ1n) is 8.12. The maximum absolute atomic E-state index is 12.8. The van der Waals surface area contributed by atoms with E-state index in [0.717, 1.165) is 16.7 Å². The molecule has 0 spiro atoms. The molecule has 2 rings (SSSR count). The molecule has 0 bridgehead atoms. The van der Waals surface area contributed by atoms with Crippen LogP contribution in [0.2, 0.25) is 0 Å². The number of benzene rings is 1. The second-order valence-electron chi connectivity index (χ2n) is 6.29. The zero-order valence-corrected chi connectivity index (χ0v) is 17.0. The Hall–Kier alpha value is -2.26. The molecule has 0 aromatic heterocycles. The van der Waals surface area contributed by atoms with Crippen molar-refractivity contribution in [3.05, 3.63) is 22.6 Å². The molecule has 0 radical (unpaired) electrons.